The number of fused-ring (bicyclic) bond motifs is 1. The number of methoxy groups -OCH3 is 2. The highest BCUT2D eigenvalue weighted by Gasteiger charge is 2.19. The summed E-state index contributed by atoms with van der Waals surface area (Å²) in [5.74, 6) is 3.27. The van der Waals surface area contributed by atoms with Gasteiger partial charge in [0.1, 0.15) is 11.6 Å². The number of aryl methyl sites for hydroxylation is 3. The monoisotopic (exact) mass is 437 g/mol. The SMILES string of the molecule is COc1cc2nc(C)nc(N)c2c(CCc2ccc(/C=C/C3CCCCC3)s2)c1OC. The predicted molar refractivity (Wildman–Crippen MR) is 129 cm³/mol. The molecule has 164 valence electrons. The number of aromatic nitrogens is 2. The van der Waals surface area contributed by atoms with Crippen molar-refractivity contribution in [1.82, 2.24) is 9.97 Å². The van der Waals surface area contributed by atoms with E-state index in [-0.39, 0.29) is 0 Å². The number of nitrogens with two attached hydrogens (primary N) is 1. The topological polar surface area (TPSA) is 70.3 Å². The minimum atomic E-state index is 0.487. The van der Waals surface area contributed by atoms with Crippen LogP contribution in [0, 0.1) is 12.8 Å². The van der Waals surface area contributed by atoms with Crippen LogP contribution in [0.25, 0.3) is 17.0 Å². The third-order valence-electron chi connectivity index (χ3n) is 6.05. The molecule has 5 nitrogen and oxygen atoms in total. The normalized spacial score (nSPS) is 15.1. The lowest BCUT2D eigenvalue weighted by Crippen LogP contribution is -2.04. The van der Waals surface area contributed by atoms with Gasteiger partial charge in [0.05, 0.1) is 19.7 Å². The maximum absolute atomic E-state index is 6.30. The molecule has 0 aliphatic heterocycles. The summed E-state index contributed by atoms with van der Waals surface area (Å²) in [6.07, 6.45) is 13.2. The van der Waals surface area contributed by atoms with E-state index in [0.717, 1.165) is 35.2 Å². The van der Waals surface area contributed by atoms with Crippen LogP contribution in [0.2, 0.25) is 0 Å². The first-order valence-electron chi connectivity index (χ1n) is 11.0. The predicted octanol–water partition coefficient (Wildman–Crippen LogP) is 5.98. The fourth-order valence-corrected chi connectivity index (χ4v) is 5.45. The van der Waals surface area contributed by atoms with Crippen LogP contribution < -0.4 is 15.2 Å². The summed E-state index contributed by atoms with van der Waals surface area (Å²) >= 11 is 1.85. The van der Waals surface area contributed by atoms with E-state index in [2.05, 4.69) is 34.3 Å². The van der Waals surface area contributed by atoms with Crippen molar-refractivity contribution in [2.75, 3.05) is 20.0 Å². The van der Waals surface area contributed by atoms with E-state index in [1.165, 1.54) is 41.9 Å². The second-order valence-corrected chi connectivity index (χ2v) is 9.40. The van der Waals surface area contributed by atoms with Gasteiger partial charge in [-0.05, 0) is 56.7 Å². The first-order chi connectivity index (χ1) is 15.1. The lowest BCUT2D eigenvalue weighted by molar-refractivity contribution is 0.352. The Morgan fingerprint density at radius 3 is 2.65 bits per heavy atom. The molecular weight excluding hydrogens is 406 g/mol. The molecule has 0 spiro atoms. The van der Waals surface area contributed by atoms with E-state index >= 15 is 0 Å². The van der Waals surface area contributed by atoms with Crippen LogP contribution in [0.4, 0.5) is 5.82 Å². The third kappa shape index (κ3) is 4.85. The molecule has 6 heteroatoms. The smallest absolute Gasteiger partial charge is 0.164 e. The number of benzene rings is 1. The van der Waals surface area contributed by atoms with Crippen molar-refractivity contribution in [3.05, 3.63) is 45.4 Å². The second-order valence-electron chi connectivity index (χ2n) is 8.20. The lowest BCUT2D eigenvalue weighted by Gasteiger charge is -2.17. The van der Waals surface area contributed by atoms with Crippen LogP contribution in [0.15, 0.2) is 24.3 Å². The van der Waals surface area contributed by atoms with Gasteiger partial charge < -0.3 is 15.2 Å². The molecule has 1 saturated carbocycles. The molecule has 3 aromatic rings. The minimum absolute atomic E-state index is 0.487. The average Bonchev–Trinajstić information content (AvgIpc) is 3.23. The number of hydrogen-bond donors (Lipinski definition) is 1. The van der Waals surface area contributed by atoms with Crippen LogP contribution >= 0.6 is 11.3 Å². The van der Waals surface area contributed by atoms with E-state index in [9.17, 15) is 0 Å². The Morgan fingerprint density at radius 2 is 1.90 bits per heavy atom. The Bertz CT molecular complexity index is 1080. The summed E-state index contributed by atoms with van der Waals surface area (Å²) in [6, 6.07) is 6.33. The maximum atomic E-state index is 6.30. The fourth-order valence-electron chi connectivity index (χ4n) is 4.52. The first kappa shape index (κ1) is 21.6. The number of ether oxygens (including phenoxy) is 2. The van der Waals surface area contributed by atoms with E-state index in [4.69, 9.17) is 15.2 Å². The molecule has 1 fully saturated rings. The summed E-state index contributed by atoms with van der Waals surface area (Å²) in [5, 5.41) is 0.859. The lowest BCUT2D eigenvalue weighted by atomic mass is 9.89. The van der Waals surface area contributed by atoms with Gasteiger partial charge in [0.25, 0.3) is 0 Å². The Morgan fingerprint density at radius 1 is 1.10 bits per heavy atom. The van der Waals surface area contributed by atoms with Gasteiger partial charge in [0.2, 0.25) is 0 Å². The Balaban J connectivity index is 1.57. The molecule has 1 aromatic carbocycles. The van der Waals surface area contributed by atoms with Crippen molar-refractivity contribution in [1.29, 1.82) is 0 Å². The molecule has 1 aliphatic rings. The number of nitrogens with zero attached hydrogens (tertiary/aromatic N) is 2. The number of allylic oxidation sites excluding steroid dienone is 1. The maximum Gasteiger partial charge on any atom is 0.164 e. The van der Waals surface area contributed by atoms with Crippen LogP contribution in [-0.2, 0) is 12.8 Å². The molecule has 2 N–H and O–H groups in total. The van der Waals surface area contributed by atoms with Crippen molar-refractivity contribution < 1.29 is 9.47 Å². The largest absolute Gasteiger partial charge is 0.493 e. The standard InChI is InChI=1S/C25H31N3O2S/c1-16-27-21-15-22(29-2)24(30-3)20(23(21)25(26)28-16)14-13-19-12-11-18(31-19)10-9-17-7-5-4-6-8-17/h9-12,15,17H,4-8,13-14H2,1-3H3,(H2,26,27,28)/b10-9+. The van der Waals surface area contributed by atoms with Crippen molar-refractivity contribution >= 4 is 34.1 Å². The summed E-state index contributed by atoms with van der Waals surface area (Å²) in [7, 11) is 3.31. The summed E-state index contributed by atoms with van der Waals surface area (Å²) < 4.78 is 11.3. The molecular formula is C25H31N3O2S. The zero-order valence-corrected chi connectivity index (χ0v) is 19.4. The highest BCUT2D eigenvalue weighted by molar-refractivity contribution is 7.12. The van der Waals surface area contributed by atoms with Crippen molar-refractivity contribution in [3.63, 3.8) is 0 Å². The number of thiophene rings is 1. The Hall–Kier alpha value is -2.60. The molecule has 1 aliphatic carbocycles. The van der Waals surface area contributed by atoms with E-state index in [1.807, 2.05) is 24.3 Å². The van der Waals surface area contributed by atoms with Crippen LogP contribution in [0.5, 0.6) is 11.5 Å². The summed E-state index contributed by atoms with van der Waals surface area (Å²) in [6.45, 7) is 1.85. The number of rotatable bonds is 7. The molecule has 4 rings (SSSR count). The summed E-state index contributed by atoms with van der Waals surface area (Å²) in [4.78, 5) is 11.6. The van der Waals surface area contributed by atoms with Gasteiger partial charge in [0, 0.05) is 26.8 Å². The zero-order chi connectivity index (χ0) is 21.8. The van der Waals surface area contributed by atoms with Gasteiger partial charge in [-0.15, -0.1) is 11.3 Å². The highest BCUT2D eigenvalue weighted by atomic mass is 32.1. The second kappa shape index (κ2) is 9.69. The molecule has 0 radical (unpaired) electrons. The highest BCUT2D eigenvalue weighted by Crippen LogP contribution is 2.39. The molecule has 0 saturated heterocycles. The molecule has 2 heterocycles. The first-order valence-corrected chi connectivity index (χ1v) is 11.8. The van der Waals surface area contributed by atoms with E-state index in [1.54, 1.807) is 14.2 Å². The zero-order valence-electron chi connectivity index (χ0n) is 18.6. The van der Waals surface area contributed by atoms with Crippen LogP contribution in [0.3, 0.4) is 0 Å². The van der Waals surface area contributed by atoms with Gasteiger partial charge >= 0.3 is 0 Å². The number of nitrogen functional groups attached to an aromatic ring is 1. The van der Waals surface area contributed by atoms with Crippen molar-refractivity contribution in [3.8, 4) is 11.5 Å². The Labute approximate surface area is 188 Å². The summed E-state index contributed by atoms with van der Waals surface area (Å²) in [5.41, 5.74) is 8.10. The average molecular weight is 438 g/mol. The van der Waals surface area contributed by atoms with Crippen LogP contribution in [0.1, 0.15) is 53.2 Å². The molecule has 2 aromatic heterocycles. The molecule has 0 amide bonds. The van der Waals surface area contributed by atoms with Gasteiger partial charge in [-0.25, -0.2) is 9.97 Å². The molecule has 0 bridgehead atoms. The van der Waals surface area contributed by atoms with Gasteiger partial charge in [-0.2, -0.15) is 0 Å². The van der Waals surface area contributed by atoms with Crippen LogP contribution in [-0.4, -0.2) is 24.2 Å². The quantitative estimate of drug-likeness (QED) is 0.492. The van der Waals surface area contributed by atoms with Gasteiger partial charge in [0.15, 0.2) is 11.5 Å². The Kier molecular flexibility index (Phi) is 6.76. The molecule has 0 atom stereocenters. The minimum Gasteiger partial charge on any atom is -0.493 e. The molecule has 31 heavy (non-hydrogen) atoms. The van der Waals surface area contributed by atoms with Gasteiger partial charge in [-0.3, -0.25) is 0 Å². The number of anilines is 1. The van der Waals surface area contributed by atoms with Crippen molar-refractivity contribution in [2.24, 2.45) is 5.92 Å². The van der Waals surface area contributed by atoms with Crippen molar-refractivity contribution in [2.45, 2.75) is 51.9 Å². The number of hydrogen-bond acceptors (Lipinski definition) is 6. The third-order valence-corrected chi connectivity index (χ3v) is 7.16. The molecule has 0 unspecified atom stereocenters. The van der Waals surface area contributed by atoms with Gasteiger partial charge in [-0.1, -0.05) is 25.3 Å². The van der Waals surface area contributed by atoms with E-state index in [0.29, 0.717) is 23.1 Å². The fraction of sp³-hybridized carbons (Fsp3) is 0.440. The van der Waals surface area contributed by atoms with E-state index < -0.39 is 0 Å².